The molecule has 2 aliphatic rings. The second-order valence-corrected chi connectivity index (χ2v) is 10.5. The van der Waals surface area contributed by atoms with Gasteiger partial charge in [0.1, 0.15) is 12.2 Å². The van der Waals surface area contributed by atoms with E-state index in [4.69, 9.17) is 33.3 Å². The molecule has 0 radical (unpaired) electrons. The Hall–Kier alpha value is -4.21. The van der Waals surface area contributed by atoms with Gasteiger partial charge in [-0.1, -0.05) is 29.8 Å². The molecule has 2 aliphatic heterocycles. The number of hydrogen-bond donors (Lipinski definition) is 1. The molecule has 0 aromatic heterocycles. The van der Waals surface area contributed by atoms with Crippen molar-refractivity contribution in [1.29, 1.82) is 0 Å². The van der Waals surface area contributed by atoms with E-state index in [1.165, 1.54) is 24.5 Å². The SMILES string of the molecule is COc1cc(/C=C2\C(=O)NC(=S)N(c3ccc(Cl)cc3)C2=O)ccc1OCc1ccc(C(=O)N2CCCCC2)cc1. The van der Waals surface area contributed by atoms with Gasteiger partial charge in [0.05, 0.1) is 12.8 Å². The van der Waals surface area contributed by atoms with Crippen molar-refractivity contribution in [1.82, 2.24) is 10.2 Å². The highest BCUT2D eigenvalue weighted by Crippen LogP contribution is 2.31. The van der Waals surface area contributed by atoms with Crippen molar-refractivity contribution in [2.75, 3.05) is 25.1 Å². The molecule has 8 nitrogen and oxygen atoms in total. The molecule has 10 heteroatoms. The van der Waals surface area contributed by atoms with Crippen LogP contribution in [0.1, 0.15) is 40.7 Å². The molecule has 3 amide bonds. The van der Waals surface area contributed by atoms with Gasteiger partial charge in [-0.3, -0.25) is 24.6 Å². The van der Waals surface area contributed by atoms with Crippen LogP contribution in [0, 0.1) is 0 Å². The van der Waals surface area contributed by atoms with E-state index < -0.39 is 11.8 Å². The summed E-state index contributed by atoms with van der Waals surface area (Å²) in [5.41, 5.74) is 2.54. The molecule has 0 spiro atoms. The standard InChI is InChI=1S/C31H28ClN3O5S/c1-39-27-18-21(17-25-28(36)33-31(41)35(30(25)38)24-12-10-23(32)11-13-24)7-14-26(27)40-19-20-5-8-22(9-6-20)29(37)34-15-3-2-4-16-34/h5-14,17-18H,2-4,15-16,19H2,1H3,(H,33,36,41)/b25-17+. The van der Waals surface area contributed by atoms with Gasteiger partial charge in [0.15, 0.2) is 16.6 Å². The van der Waals surface area contributed by atoms with E-state index in [1.54, 1.807) is 42.5 Å². The molecule has 210 valence electrons. The van der Waals surface area contributed by atoms with Crippen LogP contribution >= 0.6 is 23.8 Å². The molecule has 2 fully saturated rings. The predicted molar refractivity (Wildman–Crippen MR) is 161 cm³/mol. The van der Waals surface area contributed by atoms with Crippen LogP contribution < -0.4 is 19.7 Å². The smallest absolute Gasteiger partial charge is 0.270 e. The quantitative estimate of drug-likeness (QED) is 0.226. The monoisotopic (exact) mass is 589 g/mol. The van der Waals surface area contributed by atoms with Gasteiger partial charge in [-0.15, -0.1) is 0 Å². The average Bonchev–Trinajstić information content (AvgIpc) is 2.99. The molecule has 0 bridgehead atoms. The molecule has 1 N–H and O–H groups in total. The first kappa shape index (κ1) is 28.3. The van der Waals surface area contributed by atoms with Crippen LogP contribution in [-0.4, -0.2) is 47.9 Å². The predicted octanol–water partition coefficient (Wildman–Crippen LogP) is 5.39. The van der Waals surface area contributed by atoms with Crippen molar-refractivity contribution in [2.24, 2.45) is 0 Å². The Kier molecular flexibility index (Phi) is 8.66. The first-order valence-electron chi connectivity index (χ1n) is 13.2. The minimum absolute atomic E-state index is 0.00954. The van der Waals surface area contributed by atoms with Crippen molar-refractivity contribution in [3.8, 4) is 11.5 Å². The van der Waals surface area contributed by atoms with Gasteiger partial charge >= 0.3 is 0 Å². The number of rotatable bonds is 7. The van der Waals surface area contributed by atoms with Crippen molar-refractivity contribution in [3.05, 3.63) is 94.0 Å². The van der Waals surface area contributed by atoms with Gasteiger partial charge in [0.25, 0.3) is 17.7 Å². The number of hydrogen-bond acceptors (Lipinski definition) is 6. The van der Waals surface area contributed by atoms with Gasteiger partial charge in [0.2, 0.25) is 0 Å². The van der Waals surface area contributed by atoms with Crippen molar-refractivity contribution in [2.45, 2.75) is 25.9 Å². The molecule has 0 atom stereocenters. The molecule has 0 unspecified atom stereocenters. The molecule has 0 aliphatic carbocycles. The number of benzene rings is 3. The summed E-state index contributed by atoms with van der Waals surface area (Å²) < 4.78 is 11.5. The van der Waals surface area contributed by atoms with Gasteiger partial charge < -0.3 is 14.4 Å². The van der Waals surface area contributed by atoms with Crippen LogP contribution in [0.15, 0.2) is 72.3 Å². The zero-order valence-electron chi connectivity index (χ0n) is 22.4. The van der Waals surface area contributed by atoms with E-state index in [2.05, 4.69) is 5.32 Å². The number of halogens is 1. The lowest BCUT2D eigenvalue weighted by atomic mass is 10.1. The summed E-state index contributed by atoms with van der Waals surface area (Å²) in [6.45, 7) is 1.88. The van der Waals surface area contributed by atoms with Crippen LogP contribution in [-0.2, 0) is 16.2 Å². The molecule has 0 saturated carbocycles. The van der Waals surface area contributed by atoms with Crippen molar-refractivity contribution in [3.63, 3.8) is 0 Å². The number of carbonyl (C=O) groups excluding carboxylic acids is 3. The lowest BCUT2D eigenvalue weighted by Crippen LogP contribution is -2.54. The minimum atomic E-state index is -0.591. The number of carbonyl (C=O) groups is 3. The maximum atomic E-state index is 13.3. The molecule has 5 rings (SSSR count). The first-order chi connectivity index (χ1) is 19.8. The third-order valence-electron chi connectivity index (χ3n) is 6.92. The molecule has 2 saturated heterocycles. The number of likely N-dealkylation sites (tertiary alicyclic amines) is 1. The third kappa shape index (κ3) is 6.42. The second-order valence-electron chi connectivity index (χ2n) is 9.68. The molecule has 41 heavy (non-hydrogen) atoms. The maximum Gasteiger partial charge on any atom is 0.270 e. The summed E-state index contributed by atoms with van der Waals surface area (Å²) in [7, 11) is 1.51. The van der Waals surface area contributed by atoms with Crippen LogP contribution in [0.2, 0.25) is 5.02 Å². The number of ether oxygens (including phenoxy) is 2. The summed E-state index contributed by atoms with van der Waals surface area (Å²) in [4.78, 5) is 41.8. The summed E-state index contributed by atoms with van der Waals surface area (Å²) in [6, 6.07) is 19.1. The molecule has 3 aromatic carbocycles. The van der Waals surface area contributed by atoms with E-state index in [0.717, 1.165) is 31.5 Å². The van der Waals surface area contributed by atoms with Crippen LogP contribution in [0.4, 0.5) is 5.69 Å². The summed E-state index contributed by atoms with van der Waals surface area (Å²) >= 11 is 11.2. The number of nitrogens with zero attached hydrogens (tertiary/aromatic N) is 2. The van der Waals surface area contributed by atoms with Gasteiger partial charge in [-0.05, 0) is 97.2 Å². The Morgan fingerprint density at radius 2 is 1.68 bits per heavy atom. The van der Waals surface area contributed by atoms with Crippen LogP contribution in [0.3, 0.4) is 0 Å². The topological polar surface area (TPSA) is 88.2 Å². The summed E-state index contributed by atoms with van der Waals surface area (Å²) in [5, 5.41) is 3.07. The van der Waals surface area contributed by atoms with Crippen molar-refractivity contribution >= 4 is 58.4 Å². The number of amides is 3. The van der Waals surface area contributed by atoms with E-state index in [9.17, 15) is 14.4 Å². The lowest BCUT2D eigenvalue weighted by molar-refractivity contribution is -0.122. The first-order valence-corrected chi connectivity index (χ1v) is 14.0. The molecule has 3 aromatic rings. The fourth-order valence-electron chi connectivity index (χ4n) is 4.73. The average molecular weight is 590 g/mol. The van der Waals surface area contributed by atoms with Crippen LogP contribution in [0.5, 0.6) is 11.5 Å². The van der Waals surface area contributed by atoms with E-state index in [1.807, 2.05) is 29.2 Å². The Labute approximate surface area is 248 Å². The summed E-state index contributed by atoms with van der Waals surface area (Å²) in [6.07, 6.45) is 4.75. The number of thiocarbonyl (C=S) groups is 1. The zero-order valence-corrected chi connectivity index (χ0v) is 24.0. The molecular formula is C31H28ClN3O5S. The van der Waals surface area contributed by atoms with E-state index in [0.29, 0.717) is 33.3 Å². The van der Waals surface area contributed by atoms with E-state index in [-0.39, 0.29) is 23.2 Å². The highest BCUT2D eigenvalue weighted by Gasteiger charge is 2.34. The Bertz CT molecular complexity index is 1520. The fraction of sp³-hybridized carbons (Fsp3) is 0.226. The van der Waals surface area contributed by atoms with Gasteiger partial charge in [0, 0.05) is 23.7 Å². The number of piperidine rings is 1. The fourth-order valence-corrected chi connectivity index (χ4v) is 5.13. The summed E-state index contributed by atoms with van der Waals surface area (Å²) in [5.74, 6) is -0.155. The second kappa shape index (κ2) is 12.5. The normalized spacial score (nSPS) is 16.5. The minimum Gasteiger partial charge on any atom is -0.493 e. The largest absolute Gasteiger partial charge is 0.493 e. The van der Waals surface area contributed by atoms with Crippen molar-refractivity contribution < 1.29 is 23.9 Å². The Morgan fingerprint density at radius 1 is 0.976 bits per heavy atom. The maximum absolute atomic E-state index is 13.3. The molecular weight excluding hydrogens is 562 g/mol. The highest BCUT2D eigenvalue weighted by molar-refractivity contribution is 7.80. The lowest BCUT2D eigenvalue weighted by Gasteiger charge is -2.29. The number of anilines is 1. The molecule has 2 heterocycles. The third-order valence-corrected chi connectivity index (χ3v) is 7.46. The zero-order chi connectivity index (χ0) is 28.9. The Morgan fingerprint density at radius 3 is 2.37 bits per heavy atom. The van der Waals surface area contributed by atoms with Gasteiger partial charge in [-0.2, -0.15) is 0 Å². The van der Waals surface area contributed by atoms with Gasteiger partial charge in [-0.25, -0.2) is 0 Å². The number of nitrogens with one attached hydrogen (secondary N) is 1. The Balaban J connectivity index is 1.28. The van der Waals surface area contributed by atoms with E-state index >= 15 is 0 Å². The number of methoxy groups -OCH3 is 1. The highest BCUT2D eigenvalue weighted by atomic mass is 35.5. The van der Waals surface area contributed by atoms with Crippen LogP contribution in [0.25, 0.3) is 6.08 Å².